The number of hydrogen-bond acceptors (Lipinski definition) is 5. The standard InChI is InChI=1S/C26H29NO5/c1-4-5-13-27-23(19-8-6-7-9-21(19)32-16(2)3)22(25(29)26(27)30)24(28)18-10-11-20-17(15-18)12-14-31-20/h6-11,15-16,23,28H,4-5,12-14H2,1-3H3/b24-22+. The van der Waals surface area contributed by atoms with Crippen LogP contribution < -0.4 is 9.47 Å². The summed E-state index contributed by atoms with van der Waals surface area (Å²) in [6.07, 6.45) is 2.30. The number of fused-ring (bicyclic) bond motifs is 1. The Morgan fingerprint density at radius 1 is 1.22 bits per heavy atom. The summed E-state index contributed by atoms with van der Waals surface area (Å²) in [5.41, 5.74) is 2.29. The van der Waals surface area contributed by atoms with E-state index >= 15 is 0 Å². The molecule has 6 heteroatoms. The first-order valence-corrected chi connectivity index (χ1v) is 11.2. The van der Waals surface area contributed by atoms with Crippen molar-refractivity contribution in [3.8, 4) is 11.5 Å². The van der Waals surface area contributed by atoms with E-state index in [9.17, 15) is 14.7 Å². The van der Waals surface area contributed by atoms with Crippen molar-refractivity contribution >= 4 is 17.4 Å². The van der Waals surface area contributed by atoms with Crippen molar-refractivity contribution in [3.05, 3.63) is 64.7 Å². The van der Waals surface area contributed by atoms with Crippen molar-refractivity contribution in [1.29, 1.82) is 0 Å². The summed E-state index contributed by atoms with van der Waals surface area (Å²) in [5, 5.41) is 11.3. The molecule has 0 radical (unpaired) electrons. The minimum absolute atomic E-state index is 0.0780. The normalized spacial score (nSPS) is 19.4. The molecular formula is C26H29NO5. The number of carbonyl (C=O) groups excluding carboxylic acids is 2. The molecule has 1 amide bonds. The number of ketones is 1. The molecule has 1 N–H and O–H groups in total. The first-order chi connectivity index (χ1) is 15.4. The number of hydrogen-bond donors (Lipinski definition) is 1. The van der Waals surface area contributed by atoms with Crippen LogP contribution in [0.3, 0.4) is 0 Å². The van der Waals surface area contributed by atoms with Crippen molar-refractivity contribution in [2.75, 3.05) is 13.2 Å². The van der Waals surface area contributed by atoms with Gasteiger partial charge in [-0.1, -0.05) is 31.5 Å². The van der Waals surface area contributed by atoms with Crippen molar-refractivity contribution in [1.82, 2.24) is 4.90 Å². The third kappa shape index (κ3) is 3.97. The van der Waals surface area contributed by atoms with Crippen LogP contribution in [0.2, 0.25) is 0 Å². The van der Waals surface area contributed by atoms with E-state index in [-0.39, 0.29) is 17.4 Å². The summed E-state index contributed by atoms with van der Waals surface area (Å²) in [6, 6.07) is 12.1. The average molecular weight is 436 g/mol. The maximum absolute atomic E-state index is 13.2. The summed E-state index contributed by atoms with van der Waals surface area (Å²) < 4.78 is 11.6. The molecule has 168 valence electrons. The SMILES string of the molecule is CCCCN1C(=O)C(=O)/C(=C(/O)c2ccc3c(c2)CCO3)C1c1ccccc1OC(C)C. The second kappa shape index (κ2) is 9.07. The van der Waals surface area contributed by atoms with Crippen LogP contribution in [0.4, 0.5) is 0 Å². The molecule has 2 heterocycles. The molecule has 1 saturated heterocycles. The molecule has 2 aromatic carbocycles. The number of amides is 1. The van der Waals surface area contributed by atoms with E-state index in [0.717, 1.165) is 30.6 Å². The molecule has 2 aliphatic heterocycles. The molecule has 2 aliphatic rings. The van der Waals surface area contributed by atoms with Gasteiger partial charge in [-0.2, -0.15) is 0 Å². The maximum atomic E-state index is 13.2. The van der Waals surface area contributed by atoms with Gasteiger partial charge in [-0.15, -0.1) is 0 Å². The van der Waals surface area contributed by atoms with Crippen LogP contribution in [0.1, 0.15) is 56.3 Å². The molecule has 0 spiro atoms. The fourth-order valence-corrected chi connectivity index (χ4v) is 4.32. The third-order valence-corrected chi connectivity index (χ3v) is 5.83. The fraction of sp³-hybridized carbons (Fsp3) is 0.385. The number of aliphatic hydroxyl groups excluding tert-OH is 1. The van der Waals surface area contributed by atoms with Crippen molar-refractivity contribution in [3.63, 3.8) is 0 Å². The molecule has 6 nitrogen and oxygen atoms in total. The average Bonchev–Trinajstić information content (AvgIpc) is 3.34. The van der Waals surface area contributed by atoms with E-state index in [2.05, 4.69) is 0 Å². The number of benzene rings is 2. The summed E-state index contributed by atoms with van der Waals surface area (Å²) in [6.45, 7) is 6.92. The summed E-state index contributed by atoms with van der Waals surface area (Å²) in [5.74, 6) is -0.0312. The number of ether oxygens (including phenoxy) is 2. The highest BCUT2D eigenvalue weighted by molar-refractivity contribution is 6.46. The van der Waals surface area contributed by atoms with E-state index in [1.807, 2.05) is 51.1 Å². The van der Waals surface area contributed by atoms with Crippen LogP contribution in [0.5, 0.6) is 11.5 Å². The largest absolute Gasteiger partial charge is 0.507 e. The Bertz CT molecular complexity index is 1070. The number of para-hydroxylation sites is 1. The Balaban J connectivity index is 1.87. The van der Waals surface area contributed by atoms with Gasteiger partial charge in [0.05, 0.1) is 24.3 Å². The van der Waals surface area contributed by atoms with Crippen LogP contribution in [-0.2, 0) is 16.0 Å². The van der Waals surface area contributed by atoms with Gasteiger partial charge in [-0.25, -0.2) is 0 Å². The lowest BCUT2D eigenvalue weighted by atomic mass is 9.94. The van der Waals surface area contributed by atoms with Gasteiger partial charge < -0.3 is 19.5 Å². The Kier molecular flexibility index (Phi) is 6.21. The van der Waals surface area contributed by atoms with Crippen LogP contribution in [0, 0.1) is 0 Å². The molecule has 4 rings (SSSR count). The molecule has 0 bridgehead atoms. The molecule has 0 saturated carbocycles. The highest BCUT2D eigenvalue weighted by Crippen LogP contribution is 2.43. The van der Waals surface area contributed by atoms with Gasteiger partial charge in [0.15, 0.2) is 0 Å². The minimum atomic E-state index is -0.707. The minimum Gasteiger partial charge on any atom is -0.507 e. The molecule has 32 heavy (non-hydrogen) atoms. The van der Waals surface area contributed by atoms with E-state index in [4.69, 9.17) is 9.47 Å². The van der Waals surface area contributed by atoms with Crippen molar-refractivity contribution < 1.29 is 24.2 Å². The number of likely N-dealkylation sites (tertiary alicyclic amines) is 1. The highest BCUT2D eigenvalue weighted by atomic mass is 16.5. The predicted octanol–water partition coefficient (Wildman–Crippen LogP) is 4.63. The van der Waals surface area contributed by atoms with Gasteiger partial charge in [-0.3, -0.25) is 9.59 Å². The molecule has 1 fully saturated rings. The Morgan fingerprint density at radius 2 is 2.00 bits per heavy atom. The number of carbonyl (C=O) groups is 2. The summed E-state index contributed by atoms with van der Waals surface area (Å²) >= 11 is 0. The van der Waals surface area contributed by atoms with Gasteiger partial charge >= 0.3 is 0 Å². The highest BCUT2D eigenvalue weighted by Gasteiger charge is 2.46. The van der Waals surface area contributed by atoms with Crippen LogP contribution >= 0.6 is 0 Å². The molecule has 1 unspecified atom stereocenters. The van der Waals surface area contributed by atoms with Gasteiger partial charge in [0.1, 0.15) is 17.3 Å². The van der Waals surface area contributed by atoms with Crippen molar-refractivity contribution in [2.45, 2.75) is 52.2 Å². The second-order valence-electron chi connectivity index (χ2n) is 8.47. The quantitative estimate of drug-likeness (QED) is 0.390. The van der Waals surface area contributed by atoms with E-state index in [1.54, 1.807) is 17.0 Å². The fourth-order valence-electron chi connectivity index (χ4n) is 4.32. The number of rotatable bonds is 7. The molecule has 2 aromatic rings. The Labute approximate surface area is 188 Å². The van der Waals surface area contributed by atoms with E-state index < -0.39 is 17.7 Å². The van der Waals surface area contributed by atoms with Gasteiger partial charge in [0.2, 0.25) is 0 Å². The van der Waals surface area contributed by atoms with Crippen molar-refractivity contribution in [2.24, 2.45) is 0 Å². The maximum Gasteiger partial charge on any atom is 0.295 e. The zero-order valence-corrected chi connectivity index (χ0v) is 18.8. The lowest BCUT2D eigenvalue weighted by molar-refractivity contribution is -0.139. The van der Waals surface area contributed by atoms with Gasteiger partial charge in [0.25, 0.3) is 11.7 Å². The zero-order valence-electron chi connectivity index (χ0n) is 18.8. The van der Waals surface area contributed by atoms with Crippen LogP contribution in [-0.4, -0.2) is 41.0 Å². The smallest absolute Gasteiger partial charge is 0.295 e. The van der Waals surface area contributed by atoms with Gasteiger partial charge in [-0.05, 0) is 50.1 Å². The zero-order chi connectivity index (χ0) is 22.8. The number of Topliss-reactive ketones (excluding diaryl/α,β-unsaturated/α-hetero) is 1. The second-order valence-corrected chi connectivity index (χ2v) is 8.47. The topological polar surface area (TPSA) is 76.1 Å². The number of nitrogens with zero attached hydrogens (tertiary/aromatic N) is 1. The Morgan fingerprint density at radius 3 is 2.75 bits per heavy atom. The predicted molar refractivity (Wildman–Crippen MR) is 122 cm³/mol. The lowest BCUT2D eigenvalue weighted by Gasteiger charge is -2.27. The Hall–Kier alpha value is -3.28. The van der Waals surface area contributed by atoms with E-state index in [0.29, 0.717) is 30.0 Å². The number of unbranched alkanes of at least 4 members (excludes halogenated alkanes) is 1. The van der Waals surface area contributed by atoms with E-state index in [1.165, 1.54) is 0 Å². The molecule has 1 atom stereocenters. The first-order valence-electron chi connectivity index (χ1n) is 11.2. The molecular weight excluding hydrogens is 406 g/mol. The molecule has 0 aliphatic carbocycles. The van der Waals surface area contributed by atoms with Gasteiger partial charge in [0, 0.05) is 24.1 Å². The van der Waals surface area contributed by atoms with Crippen LogP contribution in [0.25, 0.3) is 5.76 Å². The summed E-state index contributed by atoms with van der Waals surface area (Å²) in [4.78, 5) is 27.8. The van der Waals surface area contributed by atoms with Crippen LogP contribution in [0.15, 0.2) is 48.0 Å². The molecule has 0 aromatic heterocycles. The lowest BCUT2D eigenvalue weighted by Crippen LogP contribution is -2.31. The third-order valence-electron chi connectivity index (χ3n) is 5.83. The number of aliphatic hydroxyl groups is 1. The first kappa shape index (κ1) is 21.9. The monoisotopic (exact) mass is 435 g/mol. The summed E-state index contributed by atoms with van der Waals surface area (Å²) in [7, 11) is 0.